The van der Waals surface area contributed by atoms with Crippen molar-refractivity contribution in [1.29, 1.82) is 0 Å². The average Bonchev–Trinajstić information content (AvgIpc) is 3.23. The monoisotopic (exact) mass is 373 g/mol. The molecule has 0 fully saturated rings. The van der Waals surface area contributed by atoms with Crippen LogP contribution in [-0.4, -0.2) is 29.6 Å². The van der Waals surface area contributed by atoms with Gasteiger partial charge in [0.05, 0.1) is 23.1 Å². The van der Waals surface area contributed by atoms with Crippen LogP contribution in [0.4, 0.5) is 5.69 Å². The van der Waals surface area contributed by atoms with Crippen LogP contribution in [0.5, 0.6) is 0 Å². The quantitative estimate of drug-likeness (QED) is 0.673. The summed E-state index contributed by atoms with van der Waals surface area (Å²) in [7, 11) is 0. The van der Waals surface area contributed by atoms with Gasteiger partial charge in [0.25, 0.3) is 0 Å². The molecule has 0 radical (unpaired) electrons. The third-order valence-electron chi connectivity index (χ3n) is 3.60. The Morgan fingerprint density at radius 1 is 1.35 bits per heavy atom. The molecular formula is C18H19N3O4S. The van der Waals surface area contributed by atoms with E-state index in [0.29, 0.717) is 30.2 Å². The lowest BCUT2D eigenvalue weighted by Crippen LogP contribution is -2.19. The molecule has 2 aromatic heterocycles. The van der Waals surface area contributed by atoms with E-state index in [0.717, 1.165) is 10.2 Å². The van der Waals surface area contributed by atoms with Crippen LogP contribution < -0.4 is 10.1 Å². The molecule has 0 aliphatic carbocycles. The molecule has 2 heterocycles. The molecule has 26 heavy (non-hydrogen) atoms. The van der Waals surface area contributed by atoms with Gasteiger partial charge in [-0.2, -0.15) is 4.99 Å². The number of benzene rings is 1. The van der Waals surface area contributed by atoms with Crippen molar-refractivity contribution in [3.05, 3.63) is 47.2 Å². The van der Waals surface area contributed by atoms with Gasteiger partial charge in [-0.25, -0.2) is 0 Å². The maximum absolute atomic E-state index is 12.3. The van der Waals surface area contributed by atoms with Crippen molar-refractivity contribution < 1.29 is 18.7 Å². The number of anilines is 1. The van der Waals surface area contributed by atoms with Crippen LogP contribution in [0.1, 0.15) is 24.4 Å². The zero-order valence-corrected chi connectivity index (χ0v) is 15.3. The highest BCUT2D eigenvalue weighted by Crippen LogP contribution is 2.22. The van der Waals surface area contributed by atoms with Crippen LogP contribution in [0.3, 0.4) is 0 Å². The minimum absolute atomic E-state index is 0.136. The number of rotatable bonds is 6. The molecule has 3 rings (SSSR count). The maximum atomic E-state index is 12.3. The zero-order chi connectivity index (χ0) is 18.5. The van der Waals surface area contributed by atoms with Gasteiger partial charge in [0, 0.05) is 25.8 Å². The highest BCUT2D eigenvalue weighted by atomic mass is 32.1. The highest BCUT2D eigenvalue weighted by Gasteiger charge is 2.11. The van der Waals surface area contributed by atoms with Gasteiger partial charge in [0.2, 0.25) is 5.91 Å². The number of hydrogen-bond donors (Lipinski definition) is 1. The summed E-state index contributed by atoms with van der Waals surface area (Å²) in [5.41, 5.74) is 1.63. The Labute approximate surface area is 153 Å². The number of amides is 2. The first-order chi connectivity index (χ1) is 12.6. The molecule has 0 saturated carbocycles. The Balaban J connectivity index is 2.05. The summed E-state index contributed by atoms with van der Waals surface area (Å²) in [5.74, 6) is -0.380. The van der Waals surface area contributed by atoms with Gasteiger partial charge in [0.15, 0.2) is 10.6 Å². The van der Waals surface area contributed by atoms with E-state index in [9.17, 15) is 9.59 Å². The summed E-state index contributed by atoms with van der Waals surface area (Å²) in [6.45, 7) is 5.09. The Morgan fingerprint density at radius 2 is 2.19 bits per heavy atom. The lowest BCUT2D eigenvalue weighted by atomic mass is 10.3. The number of carbonyl (C=O) groups is 2. The second kappa shape index (κ2) is 8.11. The number of ether oxygens (including phenoxy) is 1. The summed E-state index contributed by atoms with van der Waals surface area (Å²) >= 11 is 1.38. The Morgan fingerprint density at radius 3 is 2.88 bits per heavy atom. The molecule has 7 nitrogen and oxygen atoms in total. The summed E-state index contributed by atoms with van der Waals surface area (Å²) in [6, 6.07) is 8.83. The fourth-order valence-corrected chi connectivity index (χ4v) is 3.59. The topological polar surface area (TPSA) is 85.8 Å². The summed E-state index contributed by atoms with van der Waals surface area (Å²) in [6.07, 6.45) is 1.44. The molecule has 0 bridgehead atoms. The molecule has 8 heteroatoms. The van der Waals surface area contributed by atoms with Crippen LogP contribution >= 0.6 is 11.3 Å². The number of thiazole rings is 1. The van der Waals surface area contributed by atoms with E-state index in [1.165, 1.54) is 24.5 Å². The molecule has 2 amide bonds. The van der Waals surface area contributed by atoms with E-state index >= 15 is 0 Å². The third kappa shape index (κ3) is 4.09. The van der Waals surface area contributed by atoms with Gasteiger partial charge < -0.3 is 19.0 Å². The number of nitrogens with zero attached hydrogens (tertiary/aromatic N) is 2. The van der Waals surface area contributed by atoms with Crippen molar-refractivity contribution in [3.63, 3.8) is 0 Å². The van der Waals surface area contributed by atoms with Gasteiger partial charge >= 0.3 is 5.91 Å². The molecule has 3 aromatic rings. The normalized spacial score (nSPS) is 11.8. The lowest BCUT2D eigenvalue weighted by molar-refractivity contribution is -0.114. The molecular weight excluding hydrogens is 354 g/mol. The molecule has 0 atom stereocenters. The number of furan rings is 1. The highest BCUT2D eigenvalue weighted by molar-refractivity contribution is 7.16. The summed E-state index contributed by atoms with van der Waals surface area (Å²) in [4.78, 5) is 28.3. The Bertz CT molecular complexity index is 986. The molecule has 0 aliphatic heterocycles. The van der Waals surface area contributed by atoms with E-state index < -0.39 is 5.91 Å². The molecule has 1 aromatic carbocycles. The summed E-state index contributed by atoms with van der Waals surface area (Å²) < 4.78 is 13.4. The van der Waals surface area contributed by atoms with Crippen LogP contribution in [0.15, 0.2) is 46.0 Å². The van der Waals surface area contributed by atoms with Crippen molar-refractivity contribution in [2.24, 2.45) is 4.99 Å². The van der Waals surface area contributed by atoms with E-state index in [-0.39, 0.29) is 11.7 Å². The average molecular weight is 373 g/mol. The number of carbonyl (C=O) groups excluding carboxylic acids is 2. The molecule has 0 unspecified atom stereocenters. The minimum atomic E-state index is -0.436. The van der Waals surface area contributed by atoms with Crippen LogP contribution in [-0.2, 0) is 16.1 Å². The van der Waals surface area contributed by atoms with Crippen LogP contribution in [0.25, 0.3) is 10.2 Å². The fourth-order valence-electron chi connectivity index (χ4n) is 2.50. The first kappa shape index (κ1) is 18.1. The van der Waals surface area contributed by atoms with Gasteiger partial charge in [-0.1, -0.05) is 11.3 Å². The molecule has 136 valence electrons. The van der Waals surface area contributed by atoms with Gasteiger partial charge in [-0.15, -0.1) is 0 Å². The lowest BCUT2D eigenvalue weighted by Gasteiger charge is -2.06. The molecule has 1 N–H and O–H groups in total. The van der Waals surface area contributed by atoms with Crippen molar-refractivity contribution in [1.82, 2.24) is 4.57 Å². The molecule has 0 saturated heterocycles. The smallest absolute Gasteiger partial charge is 0.315 e. The number of fused-ring (bicyclic) bond motifs is 1. The standard InChI is InChI=1S/C18H19N3O4S/c1-3-24-10-8-21-14-7-6-13(19-12(2)22)11-16(14)26-18(21)20-17(23)15-5-4-9-25-15/h4-7,9,11H,3,8,10H2,1-2H3,(H,19,22). The van der Waals surface area contributed by atoms with E-state index in [1.54, 1.807) is 12.1 Å². The fraction of sp³-hybridized carbons (Fsp3) is 0.278. The second-order valence-corrected chi connectivity index (χ2v) is 6.50. The number of aromatic nitrogens is 1. The SMILES string of the molecule is CCOCCn1c(=NC(=O)c2ccco2)sc2cc(NC(C)=O)ccc21. The predicted octanol–water partition coefficient (Wildman–Crippen LogP) is 3.03. The number of hydrogen-bond acceptors (Lipinski definition) is 5. The predicted molar refractivity (Wildman–Crippen MR) is 99.2 cm³/mol. The van der Waals surface area contributed by atoms with E-state index in [2.05, 4.69) is 10.3 Å². The number of nitrogens with one attached hydrogen (secondary N) is 1. The molecule has 0 spiro atoms. The Kier molecular flexibility index (Phi) is 5.65. The van der Waals surface area contributed by atoms with Crippen molar-refractivity contribution in [2.75, 3.05) is 18.5 Å². The van der Waals surface area contributed by atoms with Crippen molar-refractivity contribution in [3.8, 4) is 0 Å². The maximum Gasteiger partial charge on any atom is 0.315 e. The van der Waals surface area contributed by atoms with Crippen LogP contribution in [0, 0.1) is 0 Å². The second-order valence-electron chi connectivity index (χ2n) is 5.49. The Hall–Kier alpha value is -2.71. The van der Waals surface area contributed by atoms with Crippen molar-refractivity contribution in [2.45, 2.75) is 20.4 Å². The first-order valence-corrected chi connectivity index (χ1v) is 9.01. The van der Waals surface area contributed by atoms with Gasteiger partial charge in [-0.05, 0) is 37.3 Å². The minimum Gasteiger partial charge on any atom is -0.459 e. The van der Waals surface area contributed by atoms with Crippen molar-refractivity contribution >= 4 is 39.1 Å². The van der Waals surface area contributed by atoms with E-state index in [1.807, 2.05) is 29.7 Å². The third-order valence-corrected chi connectivity index (χ3v) is 4.64. The largest absolute Gasteiger partial charge is 0.459 e. The van der Waals surface area contributed by atoms with Gasteiger partial charge in [-0.3, -0.25) is 9.59 Å². The molecule has 0 aliphatic rings. The summed E-state index contributed by atoms with van der Waals surface area (Å²) in [5, 5.41) is 2.76. The van der Waals surface area contributed by atoms with Crippen LogP contribution in [0.2, 0.25) is 0 Å². The first-order valence-electron chi connectivity index (χ1n) is 8.19. The zero-order valence-electron chi connectivity index (χ0n) is 14.5. The van der Waals surface area contributed by atoms with Gasteiger partial charge in [0.1, 0.15) is 0 Å². The van der Waals surface area contributed by atoms with E-state index in [4.69, 9.17) is 9.15 Å².